The van der Waals surface area contributed by atoms with Crippen molar-refractivity contribution in [2.75, 3.05) is 10.6 Å². The van der Waals surface area contributed by atoms with Crippen molar-refractivity contribution >= 4 is 39.1 Å². The van der Waals surface area contributed by atoms with Crippen LogP contribution >= 0.6 is 27.5 Å². The highest BCUT2D eigenvalue weighted by Gasteiger charge is 2.07. The second-order valence-electron chi connectivity index (χ2n) is 2.48. The molecule has 3 nitrogen and oxygen atoms in total. The summed E-state index contributed by atoms with van der Waals surface area (Å²) in [5.74, 6) is -0.141. The average molecular weight is 264 g/mol. The van der Waals surface area contributed by atoms with Crippen molar-refractivity contribution in [3.05, 3.63) is 23.0 Å². The summed E-state index contributed by atoms with van der Waals surface area (Å²) in [7, 11) is 0. The predicted molar refractivity (Wildman–Crippen MR) is 56.4 cm³/mol. The number of rotatable bonds is 2. The number of carbonyl (C=O) groups is 1. The van der Waals surface area contributed by atoms with E-state index in [0.29, 0.717) is 10.8 Å². The second kappa shape index (κ2) is 4.58. The van der Waals surface area contributed by atoms with Gasteiger partial charge < -0.3 is 5.32 Å². The molecule has 0 unspecified atom stereocenters. The zero-order valence-corrected chi connectivity index (χ0v) is 9.32. The molecule has 1 amide bonds. The molecule has 13 heavy (non-hydrogen) atoms. The number of halogens is 2. The summed E-state index contributed by atoms with van der Waals surface area (Å²) in [5, 5.41) is 3.21. The smallest absolute Gasteiger partial charge is 0.235 e. The van der Waals surface area contributed by atoms with Crippen LogP contribution in [0.15, 0.2) is 12.3 Å². The van der Waals surface area contributed by atoms with Crippen LogP contribution in [0.25, 0.3) is 0 Å². The first-order valence-electron chi connectivity index (χ1n) is 3.62. The Morgan fingerprint density at radius 1 is 1.77 bits per heavy atom. The molecular formula is C8H8BrClN2O. The lowest BCUT2D eigenvalue weighted by Gasteiger charge is -2.07. The van der Waals surface area contributed by atoms with Crippen LogP contribution in [0.3, 0.4) is 0 Å². The number of nitrogens with one attached hydrogen (secondary N) is 1. The quantitative estimate of drug-likeness (QED) is 0.657. The largest absolute Gasteiger partial charge is 0.323 e. The molecule has 0 radical (unpaired) electrons. The first-order chi connectivity index (χ1) is 6.15. The van der Waals surface area contributed by atoms with E-state index in [9.17, 15) is 4.79 Å². The van der Waals surface area contributed by atoms with Gasteiger partial charge >= 0.3 is 0 Å². The summed E-state index contributed by atoms with van der Waals surface area (Å²) < 4.78 is 0. The van der Waals surface area contributed by atoms with Crippen LogP contribution < -0.4 is 5.32 Å². The number of carbonyl (C=O) groups excluding carboxylic acids is 1. The Kier molecular flexibility index (Phi) is 3.69. The van der Waals surface area contributed by atoms with Crippen LogP contribution in [0, 0.1) is 6.92 Å². The van der Waals surface area contributed by atoms with Gasteiger partial charge in [0.05, 0.1) is 11.0 Å². The molecule has 1 aromatic heterocycles. The molecule has 0 aliphatic carbocycles. The van der Waals surface area contributed by atoms with E-state index in [-0.39, 0.29) is 11.2 Å². The summed E-state index contributed by atoms with van der Waals surface area (Å²) in [4.78, 5) is 14.9. The average Bonchev–Trinajstić information content (AvgIpc) is 2.11. The number of alkyl halides is 1. The van der Waals surface area contributed by atoms with Crippen molar-refractivity contribution in [1.82, 2.24) is 4.98 Å². The third-order valence-electron chi connectivity index (χ3n) is 1.50. The van der Waals surface area contributed by atoms with Crippen molar-refractivity contribution in [2.45, 2.75) is 6.92 Å². The maximum absolute atomic E-state index is 11.0. The number of amides is 1. The van der Waals surface area contributed by atoms with Crippen LogP contribution in [-0.4, -0.2) is 16.2 Å². The van der Waals surface area contributed by atoms with E-state index in [4.69, 9.17) is 11.6 Å². The first-order valence-corrected chi connectivity index (χ1v) is 5.12. The minimum atomic E-state index is -0.141. The SMILES string of the molecule is Cc1ccnc(Cl)c1NC(=O)CBr. The number of anilines is 1. The summed E-state index contributed by atoms with van der Waals surface area (Å²) in [6.07, 6.45) is 1.60. The van der Waals surface area contributed by atoms with E-state index >= 15 is 0 Å². The molecule has 0 aromatic carbocycles. The topological polar surface area (TPSA) is 42.0 Å². The summed E-state index contributed by atoms with van der Waals surface area (Å²) >= 11 is 8.84. The van der Waals surface area contributed by atoms with Gasteiger partial charge in [0.15, 0.2) is 5.15 Å². The highest BCUT2D eigenvalue weighted by atomic mass is 79.9. The van der Waals surface area contributed by atoms with Gasteiger partial charge in [-0.3, -0.25) is 4.79 Å². The molecule has 1 aromatic rings. The van der Waals surface area contributed by atoms with Crippen LogP contribution in [0.2, 0.25) is 5.15 Å². The highest BCUT2D eigenvalue weighted by molar-refractivity contribution is 9.09. The fourth-order valence-corrected chi connectivity index (χ4v) is 1.24. The van der Waals surface area contributed by atoms with E-state index in [2.05, 4.69) is 26.2 Å². The number of nitrogens with zero attached hydrogens (tertiary/aromatic N) is 1. The number of aromatic nitrogens is 1. The van der Waals surface area contributed by atoms with Crippen molar-refractivity contribution < 1.29 is 4.79 Å². The Morgan fingerprint density at radius 2 is 2.46 bits per heavy atom. The van der Waals surface area contributed by atoms with Gasteiger partial charge in [-0.05, 0) is 18.6 Å². The van der Waals surface area contributed by atoms with Crippen molar-refractivity contribution in [3.63, 3.8) is 0 Å². The first kappa shape index (κ1) is 10.5. The van der Waals surface area contributed by atoms with Crippen molar-refractivity contribution in [1.29, 1.82) is 0 Å². The van der Waals surface area contributed by atoms with Gasteiger partial charge in [0.1, 0.15) is 0 Å². The number of aryl methyl sites for hydroxylation is 1. The minimum absolute atomic E-state index is 0.141. The molecular weight excluding hydrogens is 255 g/mol. The lowest BCUT2D eigenvalue weighted by atomic mass is 10.2. The molecule has 0 aliphatic rings. The molecule has 1 heterocycles. The molecule has 70 valence electrons. The maximum atomic E-state index is 11.0. The molecule has 0 bridgehead atoms. The van der Waals surface area contributed by atoms with Gasteiger partial charge in [-0.1, -0.05) is 27.5 Å². The molecule has 1 N–H and O–H groups in total. The van der Waals surface area contributed by atoms with E-state index in [0.717, 1.165) is 5.56 Å². The molecule has 0 spiro atoms. The van der Waals surface area contributed by atoms with Crippen LogP contribution in [0.5, 0.6) is 0 Å². The van der Waals surface area contributed by atoms with Gasteiger partial charge in [-0.15, -0.1) is 0 Å². The third-order valence-corrected chi connectivity index (χ3v) is 2.29. The monoisotopic (exact) mass is 262 g/mol. The van der Waals surface area contributed by atoms with Crippen LogP contribution in [0.4, 0.5) is 5.69 Å². The van der Waals surface area contributed by atoms with Gasteiger partial charge in [0.2, 0.25) is 5.91 Å². The molecule has 0 saturated carbocycles. The molecule has 0 fully saturated rings. The standard InChI is InChI=1S/C8H8BrClN2O/c1-5-2-3-11-8(10)7(5)12-6(13)4-9/h2-3H,4H2,1H3,(H,12,13). The Balaban J connectivity index is 2.93. The number of hydrogen-bond acceptors (Lipinski definition) is 2. The van der Waals surface area contributed by atoms with Crippen molar-refractivity contribution in [3.8, 4) is 0 Å². The normalized spacial score (nSPS) is 9.77. The van der Waals surface area contributed by atoms with E-state index in [1.165, 1.54) is 0 Å². The fourth-order valence-electron chi connectivity index (χ4n) is 0.848. The summed E-state index contributed by atoms with van der Waals surface area (Å²) in [5.41, 5.74) is 1.47. The minimum Gasteiger partial charge on any atom is -0.323 e. The predicted octanol–water partition coefficient (Wildman–Crippen LogP) is 2.38. The number of hydrogen-bond donors (Lipinski definition) is 1. The Labute approximate surface area is 89.6 Å². The van der Waals surface area contributed by atoms with Crippen LogP contribution in [-0.2, 0) is 4.79 Å². The Bertz CT molecular complexity index is 310. The lowest BCUT2D eigenvalue weighted by Crippen LogP contribution is -2.13. The molecule has 1 rings (SSSR count). The van der Waals surface area contributed by atoms with E-state index in [1.807, 2.05) is 6.92 Å². The Hall–Kier alpha value is -0.610. The van der Waals surface area contributed by atoms with Gasteiger partial charge in [-0.2, -0.15) is 0 Å². The molecule has 0 saturated heterocycles. The van der Waals surface area contributed by atoms with E-state index in [1.54, 1.807) is 12.3 Å². The van der Waals surface area contributed by atoms with E-state index < -0.39 is 0 Å². The summed E-state index contributed by atoms with van der Waals surface area (Å²) in [6.45, 7) is 1.86. The van der Waals surface area contributed by atoms with Crippen LogP contribution in [0.1, 0.15) is 5.56 Å². The zero-order chi connectivity index (χ0) is 9.84. The third kappa shape index (κ3) is 2.67. The number of pyridine rings is 1. The molecule has 0 aliphatic heterocycles. The second-order valence-corrected chi connectivity index (χ2v) is 3.39. The van der Waals surface area contributed by atoms with Gasteiger partial charge in [-0.25, -0.2) is 4.98 Å². The van der Waals surface area contributed by atoms with Crippen molar-refractivity contribution in [2.24, 2.45) is 0 Å². The zero-order valence-electron chi connectivity index (χ0n) is 6.97. The fraction of sp³-hybridized carbons (Fsp3) is 0.250. The van der Waals surface area contributed by atoms with Gasteiger partial charge in [0, 0.05) is 6.20 Å². The lowest BCUT2D eigenvalue weighted by molar-refractivity contribution is -0.113. The summed E-state index contributed by atoms with van der Waals surface area (Å²) in [6, 6.07) is 1.79. The highest BCUT2D eigenvalue weighted by Crippen LogP contribution is 2.22. The Morgan fingerprint density at radius 3 is 3.00 bits per heavy atom. The molecule has 0 atom stereocenters. The van der Waals surface area contributed by atoms with Gasteiger partial charge in [0.25, 0.3) is 0 Å². The molecule has 5 heteroatoms. The maximum Gasteiger partial charge on any atom is 0.235 e.